The second-order valence-corrected chi connectivity index (χ2v) is 5.85. The molecule has 3 rings (SSSR count). The summed E-state index contributed by atoms with van der Waals surface area (Å²) in [5, 5.41) is 9.22. The molecule has 0 amide bonds. The number of aromatic nitrogens is 2. The third kappa shape index (κ3) is 2.70. The predicted octanol–water partition coefficient (Wildman–Crippen LogP) is 3.69. The highest BCUT2D eigenvalue weighted by Gasteiger charge is 2.21. The maximum absolute atomic E-state index is 14.5. The molecule has 118 valence electrons. The fourth-order valence-electron chi connectivity index (χ4n) is 2.93. The number of hydrogen-bond acceptors (Lipinski definition) is 2. The summed E-state index contributed by atoms with van der Waals surface area (Å²) >= 11 is 0. The summed E-state index contributed by atoms with van der Waals surface area (Å²) < 4.78 is 16.2. The number of aliphatic carboxylic acids is 1. The molecule has 0 unspecified atom stereocenters. The first-order valence-electron chi connectivity index (χ1n) is 7.33. The average molecular weight is 312 g/mol. The van der Waals surface area contributed by atoms with Gasteiger partial charge in [-0.2, -0.15) is 0 Å². The van der Waals surface area contributed by atoms with Gasteiger partial charge in [0, 0.05) is 11.8 Å². The molecule has 23 heavy (non-hydrogen) atoms. The van der Waals surface area contributed by atoms with E-state index >= 15 is 0 Å². The van der Waals surface area contributed by atoms with Gasteiger partial charge in [0.05, 0.1) is 17.8 Å². The van der Waals surface area contributed by atoms with Crippen molar-refractivity contribution in [3.63, 3.8) is 0 Å². The lowest BCUT2D eigenvalue weighted by atomic mass is 10.00. The van der Waals surface area contributed by atoms with Gasteiger partial charge in [0.2, 0.25) is 0 Å². The van der Waals surface area contributed by atoms with E-state index in [1.54, 1.807) is 10.6 Å². The lowest BCUT2D eigenvalue weighted by molar-refractivity contribution is -0.136. The van der Waals surface area contributed by atoms with Crippen LogP contribution in [0.4, 0.5) is 4.39 Å². The van der Waals surface area contributed by atoms with Gasteiger partial charge < -0.3 is 9.51 Å². The molecule has 0 atom stereocenters. The molecule has 0 aliphatic heterocycles. The molecule has 2 heterocycles. The first-order chi connectivity index (χ1) is 10.9. The van der Waals surface area contributed by atoms with Gasteiger partial charge in [0.25, 0.3) is 0 Å². The number of carbonyl (C=O) groups is 1. The van der Waals surface area contributed by atoms with Crippen LogP contribution in [0.1, 0.15) is 22.4 Å². The van der Waals surface area contributed by atoms with Gasteiger partial charge in [-0.15, -0.1) is 0 Å². The van der Waals surface area contributed by atoms with Crippen molar-refractivity contribution in [1.29, 1.82) is 0 Å². The predicted molar refractivity (Wildman–Crippen MR) is 86.1 cm³/mol. The Morgan fingerprint density at radius 1 is 1.22 bits per heavy atom. The van der Waals surface area contributed by atoms with Crippen LogP contribution in [-0.4, -0.2) is 20.5 Å². The van der Waals surface area contributed by atoms with Crippen molar-refractivity contribution in [3.8, 4) is 11.3 Å². The van der Waals surface area contributed by atoms with E-state index in [9.17, 15) is 14.3 Å². The number of carboxylic acids is 1. The van der Waals surface area contributed by atoms with E-state index in [1.807, 2.05) is 39.0 Å². The second kappa shape index (κ2) is 5.50. The molecule has 2 aromatic heterocycles. The highest BCUT2D eigenvalue weighted by molar-refractivity contribution is 5.77. The Morgan fingerprint density at radius 3 is 2.61 bits per heavy atom. The minimum atomic E-state index is -0.973. The van der Waals surface area contributed by atoms with Crippen LogP contribution in [0.25, 0.3) is 16.9 Å². The van der Waals surface area contributed by atoms with Crippen molar-refractivity contribution in [2.75, 3.05) is 0 Å². The van der Waals surface area contributed by atoms with Gasteiger partial charge in [0.15, 0.2) is 0 Å². The molecular weight excluding hydrogens is 295 g/mol. The molecule has 0 spiro atoms. The lowest BCUT2D eigenvalue weighted by Crippen LogP contribution is -2.05. The molecule has 0 fully saturated rings. The molecule has 0 aliphatic rings. The van der Waals surface area contributed by atoms with Crippen LogP contribution in [0.3, 0.4) is 0 Å². The van der Waals surface area contributed by atoms with E-state index in [0.717, 1.165) is 16.7 Å². The van der Waals surface area contributed by atoms with E-state index in [2.05, 4.69) is 4.98 Å². The molecule has 4 nitrogen and oxygen atoms in total. The lowest BCUT2D eigenvalue weighted by Gasteiger charge is -2.09. The molecule has 0 radical (unpaired) electrons. The Kier molecular flexibility index (Phi) is 3.64. The zero-order valence-corrected chi connectivity index (χ0v) is 13.2. The van der Waals surface area contributed by atoms with E-state index in [0.29, 0.717) is 22.6 Å². The Hall–Kier alpha value is -2.69. The summed E-state index contributed by atoms with van der Waals surface area (Å²) in [6.45, 7) is 5.57. The van der Waals surface area contributed by atoms with E-state index in [1.165, 1.54) is 6.07 Å². The Labute approximate surface area is 133 Å². The third-order valence-electron chi connectivity index (χ3n) is 3.87. The van der Waals surface area contributed by atoms with Crippen molar-refractivity contribution in [3.05, 3.63) is 58.7 Å². The number of aryl methyl sites for hydroxylation is 3. The van der Waals surface area contributed by atoms with Crippen molar-refractivity contribution in [2.45, 2.75) is 27.2 Å². The zero-order valence-electron chi connectivity index (χ0n) is 13.2. The maximum atomic E-state index is 14.5. The molecule has 0 saturated heterocycles. The fraction of sp³-hybridized carbons (Fsp3) is 0.222. The van der Waals surface area contributed by atoms with Crippen molar-refractivity contribution < 1.29 is 14.3 Å². The monoisotopic (exact) mass is 312 g/mol. The first-order valence-corrected chi connectivity index (χ1v) is 7.33. The highest BCUT2D eigenvalue weighted by Crippen LogP contribution is 2.31. The number of hydrogen-bond donors (Lipinski definition) is 1. The van der Waals surface area contributed by atoms with E-state index in [-0.39, 0.29) is 12.2 Å². The number of benzene rings is 1. The number of pyridine rings is 1. The Morgan fingerprint density at radius 2 is 1.96 bits per heavy atom. The van der Waals surface area contributed by atoms with Crippen molar-refractivity contribution in [2.24, 2.45) is 0 Å². The second-order valence-electron chi connectivity index (χ2n) is 5.85. The van der Waals surface area contributed by atoms with E-state index in [4.69, 9.17) is 0 Å². The van der Waals surface area contributed by atoms with Gasteiger partial charge in [-0.05, 0) is 55.7 Å². The molecule has 1 N–H and O–H groups in total. The minimum Gasteiger partial charge on any atom is -0.481 e. The Bertz CT molecular complexity index is 905. The number of carboxylic acid groups (broad SMARTS) is 1. The van der Waals surface area contributed by atoms with Crippen molar-refractivity contribution >= 4 is 11.6 Å². The van der Waals surface area contributed by atoms with E-state index < -0.39 is 5.97 Å². The molecular formula is C18H17FN2O2. The van der Waals surface area contributed by atoms with Crippen LogP contribution in [0.15, 0.2) is 30.5 Å². The molecule has 0 bridgehead atoms. The zero-order chi connectivity index (χ0) is 16.7. The topological polar surface area (TPSA) is 54.6 Å². The first kappa shape index (κ1) is 15.2. The molecule has 3 aromatic rings. The largest absolute Gasteiger partial charge is 0.481 e. The third-order valence-corrected chi connectivity index (χ3v) is 3.87. The number of imidazole rings is 1. The van der Waals surface area contributed by atoms with Crippen LogP contribution in [0.5, 0.6) is 0 Å². The van der Waals surface area contributed by atoms with Crippen LogP contribution >= 0.6 is 0 Å². The normalized spacial score (nSPS) is 11.1. The SMILES string of the molecule is Cc1cc(C)c(-c2nc3cc(C)ccn3c2CC(=O)O)c(F)c1. The number of halogens is 1. The summed E-state index contributed by atoms with van der Waals surface area (Å²) in [5.74, 6) is -1.35. The number of fused-ring (bicyclic) bond motifs is 1. The summed E-state index contributed by atoms with van der Waals surface area (Å²) in [6, 6.07) is 7.05. The van der Waals surface area contributed by atoms with Gasteiger partial charge in [0.1, 0.15) is 11.5 Å². The smallest absolute Gasteiger partial charge is 0.309 e. The average Bonchev–Trinajstić information content (AvgIpc) is 2.74. The molecule has 0 aliphatic carbocycles. The van der Waals surface area contributed by atoms with Crippen LogP contribution in [0.2, 0.25) is 0 Å². The number of nitrogens with zero attached hydrogens (tertiary/aromatic N) is 2. The highest BCUT2D eigenvalue weighted by atomic mass is 19.1. The molecule has 1 aromatic carbocycles. The van der Waals surface area contributed by atoms with Crippen LogP contribution in [-0.2, 0) is 11.2 Å². The summed E-state index contributed by atoms with van der Waals surface area (Å²) in [5.41, 5.74) is 4.45. The minimum absolute atomic E-state index is 0.216. The fourth-order valence-corrected chi connectivity index (χ4v) is 2.93. The molecule has 5 heteroatoms. The summed E-state index contributed by atoms with van der Waals surface area (Å²) in [6.07, 6.45) is 1.56. The molecule has 0 saturated carbocycles. The van der Waals surface area contributed by atoms with Gasteiger partial charge >= 0.3 is 5.97 Å². The van der Waals surface area contributed by atoms with Gasteiger partial charge in [-0.25, -0.2) is 9.37 Å². The van der Waals surface area contributed by atoms with Crippen molar-refractivity contribution in [1.82, 2.24) is 9.38 Å². The van der Waals surface area contributed by atoms with Crippen LogP contribution in [0, 0.1) is 26.6 Å². The quantitative estimate of drug-likeness (QED) is 0.802. The Balaban J connectivity index is 2.34. The maximum Gasteiger partial charge on any atom is 0.309 e. The van der Waals surface area contributed by atoms with Gasteiger partial charge in [-0.1, -0.05) is 6.07 Å². The van der Waals surface area contributed by atoms with Crippen LogP contribution < -0.4 is 0 Å². The van der Waals surface area contributed by atoms with Gasteiger partial charge in [-0.3, -0.25) is 4.79 Å². The standard InChI is InChI=1S/C18H17FN2O2/c1-10-4-5-21-14(9-16(22)23)18(20-15(21)8-10)17-12(3)6-11(2)7-13(17)19/h4-8H,9H2,1-3H3,(H,22,23). The number of rotatable bonds is 3. The summed E-state index contributed by atoms with van der Waals surface area (Å²) in [7, 11) is 0. The summed E-state index contributed by atoms with van der Waals surface area (Å²) in [4.78, 5) is 15.8.